The van der Waals surface area contributed by atoms with Crippen LogP contribution >= 0.6 is 0 Å². The van der Waals surface area contributed by atoms with Gasteiger partial charge in [0.05, 0.1) is 11.1 Å². The Bertz CT molecular complexity index is 1470. The number of hydrogen-bond donors (Lipinski definition) is 1. The molecule has 7 nitrogen and oxygen atoms in total. The molecule has 2 aliphatic rings. The molecule has 0 spiro atoms. The van der Waals surface area contributed by atoms with Crippen molar-refractivity contribution in [3.05, 3.63) is 70.9 Å². The zero-order valence-electron chi connectivity index (χ0n) is 25.1. The number of nitrogens with zero attached hydrogens (tertiary/aromatic N) is 4. The average molecular weight is 638 g/mol. The molecule has 0 aliphatic carbocycles. The van der Waals surface area contributed by atoms with Crippen LogP contribution in [-0.2, 0) is 23.6 Å². The number of rotatable bonds is 7. The zero-order valence-corrected chi connectivity index (χ0v) is 25.1. The lowest BCUT2D eigenvalue weighted by Crippen LogP contribution is -2.56. The van der Waals surface area contributed by atoms with Crippen LogP contribution in [0.2, 0.25) is 0 Å². The zero-order chi connectivity index (χ0) is 32.4. The lowest BCUT2D eigenvalue weighted by molar-refractivity contribution is -0.143. The lowest BCUT2D eigenvalue weighted by atomic mass is 9.98. The van der Waals surface area contributed by atoms with Gasteiger partial charge in [-0.05, 0) is 69.2 Å². The Morgan fingerprint density at radius 2 is 1.60 bits per heavy atom. The maximum atomic E-state index is 13.7. The van der Waals surface area contributed by atoms with Gasteiger partial charge in [0.15, 0.2) is 0 Å². The van der Waals surface area contributed by atoms with E-state index >= 15 is 0 Å². The Morgan fingerprint density at radius 3 is 2.31 bits per heavy atom. The minimum Gasteiger partial charge on any atom is -0.361 e. The average Bonchev–Trinajstić information content (AvgIpc) is 3.26. The lowest BCUT2D eigenvalue weighted by Gasteiger charge is -2.42. The number of benzene rings is 2. The van der Waals surface area contributed by atoms with Gasteiger partial charge in [-0.3, -0.25) is 14.5 Å². The molecule has 0 radical (unpaired) electrons. The number of H-pyrrole nitrogens is 1. The van der Waals surface area contributed by atoms with Gasteiger partial charge in [-0.1, -0.05) is 18.2 Å². The van der Waals surface area contributed by atoms with Crippen LogP contribution in [0.1, 0.15) is 46.3 Å². The van der Waals surface area contributed by atoms with Crippen molar-refractivity contribution in [1.82, 2.24) is 24.6 Å². The predicted molar refractivity (Wildman–Crippen MR) is 158 cm³/mol. The van der Waals surface area contributed by atoms with E-state index in [2.05, 4.69) is 14.8 Å². The summed E-state index contributed by atoms with van der Waals surface area (Å²) in [5.74, 6) is -0.781. The summed E-state index contributed by atoms with van der Waals surface area (Å²) in [6.07, 6.45) is -6.06. The smallest absolute Gasteiger partial charge is 0.361 e. The van der Waals surface area contributed by atoms with Crippen molar-refractivity contribution in [2.75, 3.05) is 59.4 Å². The molecule has 2 aliphatic heterocycles. The van der Waals surface area contributed by atoms with E-state index < -0.39 is 41.0 Å². The summed E-state index contributed by atoms with van der Waals surface area (Å²) in [5, 5.41) is 0.925. The molecule has 2 amide bonds. The van der Waals surface area contributed by atoms with Crippen LogP contribution in [0.15, 0.2) is 48.7 Å². The van der Waals surface area contributed by atoms with E-state index in [9.17, 15) is 35.9 Å². The first-order valence-corrected chi connectivity index (χ1v) is 15.1. The highest BCUT2D eigenvalue weighted by Gasteiger charge is 2.39. The number of carbonyl (C=O) groups is 2. The normalized spacial score (nSPS) is 19.2. The fourth-order valence-electron chi connectivity index (χ4n) is 6.27. The van der Waals surface area contributed by atoms with Crippen LogP contribution in [0, 0.1) is 0 Å². The highest BCUT2D eigenvalue weighted by atomic mass is 19.4. The Kier molecular flexibility index (Phi) is 9.78. The van der Waals surface area contributed by atoms with E-state index in [0.29, 0.717) is 57.6 Å². The molecular weight excluding hydrogens is 600 g/mol. The number of fused-ring (bicyclic) bond motifs is 1. The molecule has 2 fully saturated rings. The predicted octanol–water partition coefficient (Wildman–Crippen LogP) is 5.52. The van der Waals surface area contributed by atoms with Gasteiger partial charge < -0.3 is 19.7 Å². The Morgan fingerprint density at radius 1 is 0.889 bits per heavy atom. The maximum absolute atomic E-state index is 13.7. The Hall–Kier alpha value is -3.58. The highest BCUT2D eigenvalue weighted by Crippen LogP contribution is 2.37. The molecule has 244 valence electrons. The molecule has 1 N–H and O–H groups in total. The molecule has 0 saturated carbocycles. The molecule has 1 aromatic heterocycles. The van der Waals surface area contributed by atoms with Crippen LogP contribution in [0.5, 0.6) is 0 Å². The van der Waals surface area contributed by atoms with Gasteiger partial charge in [0.1, 0.15) is 0 Å². The summed E-state index contributed by atoms with van der Waals surface area (Å²) in [4.78, 5) is 37.4. The van der Waals surface area contributed by atoms with Gasteiger partial charge >= 0.3 is 12.4 Å². The van der Waals surface area contributed by atoms with Crippen LogP contribution in [-0.4, -0.2) is 102 Å². The summed E-state index contributed by atoms with van der Waals surface area (Å²) in [6, 6.07) is 8.07. The fourth-order valence-corrected chi connectivity index (χ4v) is 6.27. The summed E-state index contributed by atoms with van der Waals surface area (Å²) in [5.41, 5.74) is -1.93. The molecular formula is C32H37F6N5O2. The number of hydrogen-bond acceptors (Lipinski definition) is 4. The van der Waals surface area contributed by atoms with Crippen molar-refractivity contribution < 1.29 is 35.9 Å². The van der Waals surface area contributed by atoms with Gasteiger partial charge in [-0.15, -0.1) is 0 Å². The van der Waals surface area contributed by atoms with Crippen molar-refractivity contribution >= 4 is 22.7 Å². The SMILES string of the molecule is CN1CCCN(C(=O)CCCN2CCN(C(=O)c3cc(C(F)(F)F)cc(C(F)(F)F)c3)[C@H](Cc3c[nH]c4ccccc34)C2)CC1. The monoisotopic (exact) mass is 637 g/mol. The first kappa shape index (κ1) is 32.8. The third kappa shape index (κ3) is 7.99. The van der Waals surface area contributed by atoms with Crippen LogP contribution in [0.3, 0.4) is 0 Å². The number of halogens is 6. The Labute approximate surface area is 257 Å². The van der Waals surface area contributed by atoms with Crippen molar-refractivity contribution in [1.29, 1.82) is 0 Å². The van der Waals surface area contributed by atoms with E-state index in [1.54, 1.807) is 0 Å². The van der Waals surface area contributed by atoms with Crippen LogP contribution in [0.4, 0.5) is 26.3 Å². The number of piperazine rings is 1. The first-order chi connectivity index (χ1) is 21.3. The molecule has 0 bridgehead atoms. The third-order valence-electron chi connectivity index (χ3n) is 8.73. The molecule has 2 aromatic carbocycles. The van der Waals surface area contributed by atoms with Gasteiger partial charge in [-0.2, -0.15) is 26.3 Å². The highest BCUT2D eigenvalue weighted by molar-refractivity contribution is 5.95. The maximum Gasteiger partial charge on any atom is 0.416 e. The number of nitrogens with one attached hydrogen (secondary N) is 1. The van der Waals surface area contributed by atoms with Gasteiger partial charge in [-0.25, -0.2) is 0 Å². The number of aromatic amines is 1. The fraction of sp³-hybridized carbons (Fsp3) is 0.500. The largest absolute Gasteiger partial charge is 0.416 e. The van der Waals surface area contributed by atoms with E-state index in [-0.39, 0.29) is 18.5 Å². The van der Waals surface area contributed by atoms with E-state index in [4.69, 9.17) is 0 Å². The quantitative estimate of drug-likeness (QED) is 0.347. The number of amides is 2. The summed E-state index contributed by atoms with van der Waals surface area (Å²) in [6.45, 7) is 4.62. The van der Waals surface area contributed by atoms with Crippen LogP contribution < -0.4 is 0 Å². The van der Waals surface area contributed by atoms with Crippen molar-refractivity contribution in [2.45, 2.75) is 44.1 Å². The number of carbonyl (C=O) groups excluding carboxylic acids is 2. The second-order valence-electron chi connectivity index (χ2n) is 12.0. The molecule has 0 unspecified atom stereocenters. The minimum atomic E-state index is -5.06. The standard InChI is InChI=1S/C32H37F6N5O2/c1-40-9-5-11-42(14-12-40)29(44)8-4-10-41-13-15-43(26(21-41)18-23-20-39-28-7-3-2-6-27(23)28)30(45)22-16-24(31(33,34)35)19-25(17-22)32(36,37)38/h2-3,6-7,16-17,19-20,26,39H,4-5,8-15,18,21H2,1H3/t26-/m1/s1. The molecule has 5 rings (SSSR count). The third-order valence-corrected chi connectivity index (χ3v) is 8.73. The van der Waals surface area contributed by atoms with E-state index in [0.717, 1.165) is 42.5 Å². The van der Waals surface area contributed by atoms with E-state index in [1.807, 2.05) is 42.4 Å². The molecule has 13 heteroatoms. The number of likely N-dealkylation sites (N-methyl/N-ethyl adjacent to an activating group) is 1. The van der Waals surface area contributed by atoms with Gasteiger partial charge in [0.25, 0.3) is 5.91 Å². The number of alkyl halides is 6. The summed E-state index contributed by atoms with van der Waals surface area (Å²) in [7, 11) is 2.04. The van der Waals surface area contributed by atoms with Crippen molar-refractivity contribution in [3.8, 4) is 0 Å². The first-order valence-electron chi connectivity index (χ1n) is 15.1. The van der Waals surface area contributed by atoms with Crippen molar-refractivity contribution in [3.63, 3.8) is 0 Å². The molecule has 2 saturated heterocycles. The summed E-state index contributed by atoms with van der Waals surface area (Å²) >= 11 is 0. The minimum absolute atomic E-state index is 0.0311. The van der Waals surface area contributed by atoms with E-state index in [1.165, 1.54) is 4.90 Å². The molecule has 3 heterocycles. The van der Waals surface area contributed by atoms with Gasteiger partial charge in [0, 0.05) is 74.4 Å². The second kappa shape index (κ2) is 13.4. The number of para-hydroxylation sites is 1. The summed E-state index contributed by atoms with van der Waals surface area (Å²) < 4.78 is 81.4. The number of aromatic nitrogens is 1. The molecule has 1 atom stereocenters. The second-order valence-corrected chi connectivity index (χ2v) is 12.0. The molecule has 45 heavy (non-hydrogen) atoms. The van der Waals surface area contributed by atoms with Gasteiger partial charge in [0.2, 0.25) is 5.91 Å². The van der Waals surface area contributed by atoms with Crippen LogP contribution in [0.25, 0.3) is 10.9 Å². The Balaban J connectivity index is 1.34. The molecule has 3 aromatic rings. The van der Waals surface area contributed by atoms with Crippen molar-refractivity contribution in [2.24, 2.45) is 0 Å². The topological polar surface area (TPSA) is 62.9 Å².